The molecule has 9 heteroatoms. The van der Waals surface area contributed by atoms with Crippen LogP contribution in [0.15, 0.2) is 55.1 Å². The van der Waals surface area contributed by atoms with Gasteiger partial charge >= 0.3 is 0 Å². The fourth-order valence-electron chi connectivity index (χ4n) is 2.95. The molecule has 0 amide bonds. The first kappa shape index (κ1) is 17.7. The lowest BCUT2D eigenvalue weighted by Crippen LogP contribution is -2.36. The van der Waals surface area contributed by atoms with E-state index in [4.69, 9.17) is 5.73 Å². The molecule has 0 radical (unpaired) electrons. The molecule has 4 rings (SSSR count). The maximum Gasteiger partial charge on any atom is 0.188 e. The second-order valence-electron chi connectivity index (χ2n) is 6.33. The van der Waals surface area contributed by atoms with E-state index in [9.17, 15) is 0 Å². The predicted octanol–water partition coefficient (Wildman–Crippen LogP) is 2.23. The number of aromatic nitrogens is 5. The average molecular weight is 375 g/mol. The first-order valence-electron chi connectivity index (χ1n) is 8.79. The molecule has 0 unspecified atom stereocenters. The summed E-state index contributed by atoms with van der Waals surface area (Å²) in [5, 5.41) is 10.3. The lowest BCUT2D eigenvalue weighted by molar-refractivity contribution is 0.690. The molecule has 0 fully saturated rings. The Balaban J connectivity index is 1.60. The predicted molar refractivity (Wildman–Crippen MR) is 110 cm³/mol. The fourth-order valence-corrected chi connectivity index (χ4v) is 2.95. The number of nitrogens with two attached hydrogens (primary N) is 1. The minimum atomic E-state index is 0.341. The Morgan fingerprint density at radius 1 is 1.18 bits per heavy atom. The molecule has 0 atom stereocenters. The molecule has 28 heavy (non-hydrogen) atoms. The van der Waals surface area contributed by atoms with Crippen LogP contribution >= 0.6 is 0 Å². The van der Waals surface area contributed by atoms with Crippen LogP contribution in [0.5, 0.6) is 0 Å². The monoisotopic (exact) mass is 375 g/mol. The molecular formula is C19H21N9. The Morgan fingerprint density at radius 2 is 2.07 bits per heavy atom. The van der Waals surface area contributed by atoms with Gasteiger partial charge in [0.1, 0.15) is 0 Å². The molecule has 0 spiro atoms. The molecule has 142 valence electrons. The number of nitrogens with one attached hydrogen (secondary N) is 2. The normalized spacial score (nSPS) is 10.9. The second-order valence-corrected chi connectivity index (χ2v) is 6.33. The van der Waals surface area contributed by atoms with Crippen molar-refractivity contribution in [3.05, 3.63) is 60.7 Å². The van der Waals surface area contributed by atoms with Crippen LogP contribution in [-0.4, -0.2) is 31.8 Å². The van der Waals surface area contributed by atoms with Gasteiger partial charge in [0, 0.05) is 31.9 Å². The van der Waals surface area contributed by atoms with Crippen molar-refractivity contribution in [2.24, 2.45) is 7.05 Å². The zero-order chi connectivity index (χ0) is 19.5. The minimum Gasteiger partial charge on any atom is -0.381 e. The number of hydrogen-bond donors (Lipinski definition) is 3. The molecule has 0 bridgehead atoms. The first-order valence-corrected chi connectivity index (χ1v) is 8.79. The Bertz CT molecular complexity index is 1110. The summed E-state index contributed by atoms with van der Waals surface area (Å²) in [6.07, 6.45) is 6.97. The smallest absolute Gasteiger partial charge is 0.188 e. The number of anilines is 4. The number of hydrogen-bond acceptors (Lipinski definition) is 8. The van der Waals surface area contributed by atoms with Crippen LogP contribution in [0.4, 0.5) is 23.1 Å². The molecule has 0 aliphatic carbocycles. The van der Waals surface area contributed by atoms with Crippen molar-refractivity contribution in [2.45, 2.75) is 6.54 Å². The number of fused-ring (bicyclic) bond motifs is 1. The molecule has 3 heterocycles. The molecular weight excluding hydrogens is 354 g/mol. The van der Waals surface area contributed by atoms with Gasteiger partial charge in [-0.2, -0.15) is 5.10 Å². The molecule has 0 aliphatic rings. The number of aryl methyl sites for hydroxylation is 1. The third-order valence-electron chi connectivity index (χ3n) is 4.29. The van der Waals surface area contributed by atoms with E-state index in [0.717, 1.165) is 22.2 Å². The third-order valence-corrected chi connectivity index (χ3v) is 4.29. The summed E-state index contributed by atoms with van der Waals surface area (Å²) in [7, 11) is 3.68. The number of rotatable bonds is 6. The van der Waals surface area contributed by atoms with Crippen molar-refractivity contribution in [1.29, 1.82) is 0 Å². The summed E-state index contributed by atoms with van der Waals surface area (Å²) in [4.78, 5) is 13.3. The molecule has 4 aromatic rings. The van der Waals surface area contributed by atoms with E-state index in [1.807, 2.05) is 49.6 Å². The molecule has 0 saturated heterocycles. The number of nitrogen functional groups attached to an aromatic ring is 1. The lowest BCUT2D eigenvalue weighted by atomic mass is 10.1. The second kappa shape index (κ2) is 7.49. The molecule has 4 N–H and O–H groups in total. The van der Waals surface area contributed by atoms with Gasteiger partial charge in [-0.1, -0.05) is 12.1 Å². The summed E-state index contributed by atoms with van der Waals surface area (Å²) in [6, 6.07) is 10.1. The van der Waals surface area contributed by atoms with Gasteiger partial charge in [0.25, 0.3) is 0 Å². The Kier molecular flexibility index (Phi) is 4.73. The van der Waals surface area contributed by atoms with Crippen molar-refractivity contribution in [3.63, 3.8) is 0 Å². The number of benzene rings is 1. The van der Waals surface area contributed by atoms with Crippen LogP contribution in [0, 0.1) is 0 Å². The standard InChI is InChI=1S/C19H21N9/c1-21-28(11-13-5-6-16-14(8-13)4-3-7-22-16)19-18(20)23-10-17(26-19)25-15-9-24-27(2)12-15/h3-10,12,21H,11H2,1-2H3,(H2,20,23)(H,25,26). The fraction of sp³-hybridized carbons (Fsp3) is 0.158. The molecule has 0 aliphatic heterocycles. The topological polar surface area (TPSA) is 110 Å². The number of pyridine rings is 1. The van der Waals surface area contributed by atoms with E-state index in [2.05, 4.69) is 36.9 Å². The largest absolute Gasteiger partial charge is 0.381 e. The van der Waals surface area contributed by atoms with Gasteiger partial charge in [0.05, 0.1) is 30.1 Å². The Morgan fingerprint density at radius 3 is 2.86 bits per heavy atom. The van der Waals surface area contributed by atoms with Crippen LogP contribution < -0.4 is 21.5 Å². The highest BCUT2D eigenvalue weighted by Crippen LogP contribution is 2.23. The highest BCUT2D eigenvalue weighted by molar-refractivity contribution is 5.79. The third kappa shape index (κ3) is 3.69. The summed E-state index contributed by atoms with van der Waals surface area (Å²) < 4.78 is 1.71. The Labute approximate surface area is 162 Å². The number of hydrazine groups is 1. The van der Waals surface area contributed by atoms with Gasteiger partial charge in [-0.3, -0.25) is 14.7 Å². The summed E-state index contributed by atoms with van der Waals surface area (Å²) >= 11 is 0. The van der Waals surface area contributed by atoms with E-state index < -0.39 is 0 Å². The van der Waals surface area contributed by atoms with Crippen LogP contribution in [0.2, 0.25) is 0 Å². The highest BCUT2D eigenvalue weighted by Gasteiger charge is 2.14. The Hall–Kier alpha value is -3.72. The molecule has 9 nitrogen and oxygen atoms in total. The van der Waals surface area contributed by atoms with Crippen molar-refractivity contribution < 1.29 is 0 Å². The van der Waals surface area contributed by atoms with Crippen molar-refractivity contribution in [2.75, 3.05) is 23.1 Å². The van der Waals surface area contributed by atoms with Gasteiger partial charge < -0.3 is 11.1 Å². The maximum absolute atomic E-state index is 6.10. The van der Waals surface area contributed by atoms with Crippen molar-refractivity contribution in [3.8, 4) is 0 Å². The van der Waals surface area contributed by atoms with Gasteiger partial charge in [0.15, 0.2) is 17.5 Å². The van der Waals surface area contributed by atoms with Crippen LogP contribution in [-0.2, 0) is 13.6 Å². The summed E-state index contributed by atoms with van der Waals surface area (Å²) in [5.41, 5.74) is 12.1. The zero-order valence-electron chi connectivity index (χ0n) is 15.7. The van der Waals surface area contributed by atoms with Gasteiger partial charge in [0.2, 0.25) is 0 Å². The van der Waals surface area contributed by atoms with E-state index in [1.54, 1.807) is 23.3 Å². The minimum absolute atomic E-state index is 0.341. The van der Waals surface area contributed by atoms with Gasteiger partial charge in [-0.15, -0.1) is 0 Å². The quantitative estimate of drug-likeness (QED) is 0.440. The molecule has 3 aromatic heterocycles. The van der Waals surface area contributed by atoms with Crippen LogP contribution in [0.25, 0.3) is 10.9 Å². The summed E-state index contributed by atoms with van der Waals surface area (Å²) in [6.45, 7) is 0.566. The van der Waals surface area contributed by atoms with Gasteiger partial charge in [-0.25, -0.2) is 15.4 Å². The van der Waals surface area contributed by atoms with E-state index in [0.29, 0.717) is 24.0 Å². The first-order chi connectivity index (χ1) is 13.6. The summed E-state index contributed by atoms with van der Waals surface area (Å²) in [5.74, 6) is 1.47. The molecule has 1 aromatic carbocycles. The van der Waals surface area contributed by atoms with Gasteiger partial charge in [-0.05, 0) is 23.8 Å². The van der Waals surface area contributed by atoms with Crippen LogP contribution in [0.1, 0.15) is 5.56 Å². The van der Waals surface area contributed by atoms with Crippen molar-refractivity contribution in [1.82, 2.24) is 30.2 Å². The van der Waals surface area contributed by atoms with Crippen LogP contribution in [0.3, 0.4) is 0 Å². The number of nitrogens with zero attached hydrogens (tertiary/aromatic N) is 6. The van der Waals surface area contributed by atoms with E-state index in [1.165, 1.54) is 0 Å². The maximum atomic E-state index is 6.10. The van der Waals surface area contributed by atoms with E-state index >= 15 is 0 Å². The average Bonchev–Trinajstić information content (AvgIpc) is 3.12. The molecule has 0 saturated carbocycles. The van der Waals surface area contributed by atoms with E-state index in [-0.39, 0.29) is 0 Å². The van der Waals surface area contributed by atoms with Crippen molar-refractivity contribution >= 4 is 34.0 Å². The lowest BCUT2D eigenvalue weighted by Gasteiger charge is -2.24. The zero-order valence-corrected chi connectivity index (χ0v) is 15.7. The SMILES string of the molecule is CNN(Cc1ccc2ncccc2c1)c1nc(Nc2cnn(C)c2)cnc1N. The highest BCUT2D eigenvalue weighted by atomic mass is 15.5.